The van der Waals surface area contributed by atoms with E-state index in [1.165, 1.54) is 4.90 Å². The Balaban J connectivity index is 2.99. The maximum atomic E-state index is 12.2. The molecule has 0 heterocycles. The number of unbranched alkanes of at least 4 members (excludes halogenated alkanes) is 1. The van der Waals surface area contributed by atoms with Crippen LogP contribution in [0.3, 0.4) is 0 Å². The zero-order chi connectivity index (χ0) is 13.5. The predicted octanol–water partition coefficient (Wildman–Crippen LogP) is 3.80. The van der Waals surface area contributed by atoms with Crippen LogP contribution in [0, 0.1) is 0 Å². The summed E-state index contributed by atoms with van der Waals surface area (Å²) in [5.74, 6) is -0.271. The fourth-order valence-corrected chi connectivity index (χ4v) is 1.60. The van der Waals surface area contributed by atoms with Crippen molar-refractivity contribution in [3.05, 3.63) is 54.9 Å². The van der Waals surface area contributed by atoms with Crippen molar-refractivity contribution >= 4 is 11.6 Å². The van der Waals surface area contributed by atoms with Gasteiger partial charge in [-0.15, -0.1) is 0 Å². The minimum absolute atomic E-state index is 0.0803. The van der Waals surface area contributed by atoms with Crippen LogP contribution in [-0.4, -0.2) is 11.0 Å². The van der Waals surface area contributed by atoms with Crippen molar-refractivity contribution in [2.45, 2.75) is 26.2 Å². The summed E-state index contributed by atoms with van der Waals surface area (Å²) in [6.07, 6.45) is 2.19. The Morgan fingerprint density at radius 3 is 2.39 bits per heavy atom. The Hall–Kier alpha value is -2.03. The van der Waals surface area contributed by atoms with Gasteiger partial charge in [-0.1, -0.05) is 44.7 Å². The normalized spacial score (nSPS) is 9.83. The third-order valence-corrected chi connectivity index (χ3v) is 2.61. The first-order chi connectivity index (χ1) is 8.57. The van der Waals surface area contributed by atoms with Gasteiger partial charge < -0.3 is 5.11 Å². The van der Waals surface area contributed by atoms with Crippen LogP contribution in [0.25, 0.3) is 0 Å². The number of benzene rings is 1. The molecule has 96 valence electrons. The molecule has 0 bridgehead atoms. The summed E-state index contributed by atoms with van der Waals surface area (Å²) in [6.45, 7) is 9.17. The van der Waals surface area contributed by atoms with Crippen molar-refractivity contribution < 1.29 is 9.90 Å². The number of aliphatic hydroxyl groups excluding tert-OH is 1. The van der Waals surface area contributed by atoms with Gasteiger partial charge in [-0.25, -0.2) is 0 Å². The molecule has 0 aliphatic heterocycles. The van der Waals surface area contributed by atoms with Crippen LogP contribution in [0.15, 0.2) is 54.9 Å². The van der Waals surface area contributed by atoms with Gasteiger partial charge >= 0.3 is 0 Å². The second kappa shape index (κ2) is 6.64. The number of hydrogen-bond donors (Lipinski definition) is 1. The molecule has 1 amide bonds. The molecule has 0 aromatic heterocycles. The summed E-state index contributed by atoms with van der Waals surface area (Å²) in [7, 11) is 0. The van der Waals surface area contributed by atoms with E-state index >= 15 is 0 Å². The van der Waals surface area contributed by atoms with Gasteiger partial charge in [-0.05, 0) is 18.6 Å². The highest BCUT2D eigenvalue weighted by Crippen LogP contribution is 2.22. The second-order valence-electron chi connectivity index (χ2n) is 4.06. The van der Waals surface area contributed by atoms with Gasteiger partial charge in [0.2, 0.25) is 5.91 Å². The Labute approximate surface area is 108 Å². The summed E-state index contributed by atoms with van der Waals surface area (Å²) in [4.78, 5) is 13.6. The maximum absolute atomic E-state index is 12.2. The molecule has 0 fully saturated rings. The number of amides is 1. The standard InChI is InChI=1S/C15H19NO2/c1-4-5-11-15(18)16(12(2)13(3)17)14-9-7-6-8-10-14/h6-10,17H,2-5,11H2,1H3. The Bertz CT molecular complexity index is 437. The van der Waals surface area contributed by atoms with E-state index < -0.39 is 0 Å². The lowest BCUT2D eigenvalue weighted by atomic mass is 10.2. The lowest BCUT2D eigenvalue weighted by Gasteiger charge is -2.24. The summed E-state index contributed by atoms with van der Waals surface area (Å²) in [5, 5.41) is 9.44. The fraction of sp³-hybridized carbons (Fsp3) is 0.267. The van der Waals surface area contributed by atoms with E-state index in [4.69, 9.17) is 0 Å². The van der Waals surface area contributed by atoms with Crippen molar-refractivity contribution in [3.8, 4) is 0 Å². The minimum atomic E-state index is -0.191. The number of aliphatic hydroxyl groups is 1. The van der Waals surface area contributed by atoms with Gasteiger partial charge in [0.05, 0.1) is 5.70 Å². The molecule has 1 rings (SSSR count). The van der Waals surface area contributed by atoms with Crippen LogP contribution in [0.2, 0.25) is 0 Å². The molecule has 18 heavy (non-hydrogen) atoms. The van der Waals surface area contributed by atoms with Crippen LogP contribution < -0.4 is 4.90 Å². The van der Waals surface area contributed by atoms with Crippen molar-refractivity contribution in [3.63, 3.8) is 0 Å². The zero-order valence-electron chi connectivity index (χ0n) is 10.7. The molecule has 0 saturated heterocycles. The van der Waals surface area contributed by atoms with Gasteiger partial charge in [-0.2, -0.15) is 0 Å². The smallest absolute Gasteiger partial charge is 0.231 e. The van der Waals surface area contributed by atoms with Crippen molar-refractivity contribution in [2.24, 2.45) is 0 Å². The molecule has 3 nitrogen and oxygen atoms in total. The van der Waals surface area contributed by atoms with Gasteiger partial charge in [0.15, 0.2) is 0 Å². The van der Waals surface area contributed by atoms with E-state index in [-0.39, 0.29) is 17.4 Å². The van der Waals surface area contributed by atoms with E-state index in [0.717, 1.165) is 12.8 Å². The maximum Gasteiger partial charge on any atom is 0.231 e. The second-order valence-corrected chi connectivity index (χ2v) is 4.06. The Morgan fingerprint density at radius 2 is 1.89 bits per heavy atom. The number of para-hydroxylation sites is 1. The first kappa shape index (κ1) is 14.0. The molecule has 0 unspecified atom stereocenters. The summed E-state index contributed by atoms with van der Waals surface area (Å²) >= 11 is 0. The topological polar surface area (TPSA) is 40.5 Å². The molecule has 0 aliphatic carbocycles. The van der Waals surface area contributed by atoms with Crippen molar-refractivity contribution in [1.29, 1.82) is 0 Å². The van der Waals surface area contributed by atoms with Crippen molar-refractivity contribution in [2.75, 3.05) is 4.90 Å². The summed E-state index contributed by atoms with van der Waals surface area (Å²) in [6, 6.07) is 9.15. The number of anilines is 1. The molecule has 3 heteroatoms. The third kappa shape index (κ3) is 3.48. The SMILES string of the molecule is C=C(O)C(=C)N(C(=O)CCCC)c1ccccc1. The molecular weight excluding hydrogens is 226 g/mol. The highest BCUT2D eigenvalue weighted by atomic mass is 16.3. The molecular formula is C15H19NO2. The van der Waals surface area contributed by atoms with Gasteiger partial charge in [0, 0.05) is 12.1 Å². The Kier molecular flexibility index (Phi) is 5.18. The molecule has 0 spiro atoms. The van der Waals surface area contributed by atoms with Gasteiger partial charge in [0.1, 0.15) is 5.76 Å². The van der Waals surface area contributed by atoms with Crippen LogP contribution in [0.1, 0.15) is 26.2 Å². The highest BCUT2D eigenvalue weighted by Gasteiger charge is 2.19. The predicted molar refractivity (Wildman–Crippen MR) is 74.4 cm³/mol. The first-order valence-corrected chi connectivity index (χ1v) is 6.03. The molecule has 1 aromatic carbocycles. The number of carbonyl (C=O) groups excluding carboxylic acids is 1. The quantitative estimate of drug-likeness (QED) is 0.611. The van der Waals surface area contributed by atoms with Crippen LogP contribution in [0.5, 0.6) is 0 Å². The average molecular weight is 245 g/mol. The van der Waals surface area contributed by atoms with E-state index in [0.29, 0.717) is 12.1 Å². The summed E-state index contributed by atoms with van der Waals surface area (Å²) < 4.78 is 0. The summed E-state index contributed by atoms with van der Waals surface area (Å²) in [5.41, 5.74) is 0.918. The van der Waals surface area contributed by atoms with E-state index in [9.17, 15) is 9.90 Å². The number of nitrogens with zero attached hydrogens (tertiary/aromatic N) is 1. The third-order valence-electron chi connectivity index (χ3n) is 2.61. The van der Waals surface area contributed by atoms with Crippen molar-refractivity contribution in [1.82, 2.24) is 0 Å². The average Bonchev–Trinajstić information content (AvgIpc) is 2.37. The number of hydrogen-bond acceptors (Lipinski definition) is 2. The van der Waals surface area contributed by atoms with E-state index in [2.05, 4.69) is 13.2 Å². The molecule has 0 atom stereocenters. The zero-order valence-corrected chi connectivity index (χ0v) is 10.7. The molecule has 0 saturated carbocycles. The molecule has 0 radical (unpaired) electrons. The highest BCUT2D eigenvalue weighted by molar-refractivity contribution is 5.97. The lowest BCUT2D eigenvalue weighted by molar-refractivity contribution is -0.118. The van der Waals surface area contributed by atoms with Crippen LogP contribution >= 0.6 is 0 Å². The van der Waals surface area contributed by atoms with Gasteiger partial charge in [0.25, 0.3) is 0 Å². The van der Waals surface area contributed by atoms with Crippen LogP contribution in [0.4, 0.5) is 5.69 Å². The number of carbonyl (C=O) groups is 1. The monoisotopic (exact) mass is 245 g/mol. The number of rotatable bonds is 6. The fourth-order valence-electron chi connectivity index (χ4n) is 1.60. The Morgan fingerprint density at radius 1 is 1.28 bits per heavy atom. The molecule has 0 aliphatic rings. The van der Waals surface area contributed by atoms with E-state index in [1.54, 1.807) is 12.1 Å². The molecule has 1 N–H and O–H groups in total. The van der Waals surface area contributed by atoms with Gasteiger partial charge in [-0.3, -0.25) is 9.69 Å². The lowest BCUT2D eigenvalue weighted by Crippen LogP contribution is -2.30. The largest absolute Gasteiger partial charge is 0.506 e. The minimum Gasteiger partial charge on any atom is -0.506 e. The molecule has 1 aromatic rings. The first-order valence-electron chi connectivity index (χ1n) is 6.03. The van der Waals surface area contributed by atoms with E-state index in [1.807, 2.05) is 25.1 Å². The van der Waals surface area contributed by atoms with Crippen LogP contribution in [-0.2, 0) is 4.79 Å².